The number of sulfonamides is 1. The molecule has 3 rings (SSSR count). The summed E-state index contributed by atoms with van der Waals surface area (Å²) in [6.07, 6.45) is 0.258. The highest BCUT2D eigenvalue weighted by Crippen LogP contribution is 2.28. The van der Waals surface area contributed by atoms with Gasteiger partial charge in [0.15, 0.2) is 0 Å². The van der Waals surface area contributed by atoms with Crippen molar-refractivity contribution in [3.63, 3.8) is 0 Å². The van der Waals surface area contributed by atoms with E-state index in [1.807, 2.05) is 0 Å². The predicted molar refractivity (Wildman–Crippen MR) is 163 cm³/mol. The minimum atomic E-state index is -4.32. The van der Waals surface area contributed by atoms with Crippen LogP contribution in [0.1, 0.15) is 39.7 Å². The van der Waals surface area contributed by atoms with Gasteiger partial charge in [-0.05, 0) is 93.4 Å². The van der Waals surface area contributed by atoms with E-state index in [0.29, 0.717) is 22.9 Å². The number of anilines is 1. The summed E-state index contributed by atoms with van der Waals surface area (Å²) in [5.41, 5.74) is 0.670. The van der Waals surface area contributed by atoms with Crippen LogP contribution in [0.3, 0.4) is 0 Å². The molecule has 0 aromatic heterocycles. The third kappa shape index (κ3) is 8.36. The molecule has 0 bridgehead atoms. The van der Waals surface area contributed by atoms with Crippen molar-refractivity contribution in [1.29, 1.82) is 0 Å². The molecule has 2 amide bonds. The number of nitrogens with zero attached hydrogens (tertiary/aromatic N) is 2. The molecule has 0 aliphatic rings. The van der Waals surface area contributed by atoms with Crippen LogP contribution in [0.25, 0.3) is 0 Å². The first-order valence-corrected chi connectivity index (χ1v) is 15.6. The van der Waals surface area contributed by atoms with Crippen molar-refractivity contribution in [3.05, 3.63) is 88.2 Å². The van der Waals surface area contributed by atoms with Gasteiger partial charge in [0, 0.05) is 12.6 Å². The fourth-order valence-electron chi connectivity index (χ4n) is 4.27. The van der Waals surface area contributed by atoms with Gasteiger partial charge >= 0.3 is 0 Å². The van der Waals surface area contributed by atoms with Crippen LogP contribution in [0.2, 0.25) is 10.0 Å². The maximum atomic E-state index is 14.0. The lowest BCUT2D eigenvalue weighted by molar-refractivity contribution is -0.140. The Morgan fingerprint density at radius 3 is 2.14 bits per heavy atom. The van der Waals surface area contributed by atoms with Gasteiger partial charge in [0.2, 0.25) is 11.8 Å². The van der Waals surface area contributed by atoms with Gasteiger partial charge in [0.1, 0.15) is 24.2 Å². The number of rotatable bonds is 13. The fraction of sp³-hybridized carbons (Fsp3) is 0.333. The van der Waals surface area contributed by atoms with Crippen LogP contribution >= 0.6 is 23.2 Å². The van der Waals surface area contributed by atoms with E-state index in [-0.39, 0.29) is 40.5 Å². The molecule has 0 spiro atoms. The zero-order valence-corrected chi connectivity index (χ0v) is 26.1. The molecular weight excluding hydrogens is 604 g/mol. The maximum absolute atomic E-state index is 14.0. The van der Waals surface area contributed by atoms with Crippen LogP contribution in [0.15, 0.2) is 71.6 Å². The highest BCUT2D eigenvalue weighted by atomic mass is 35.5. The molecule has 1 N–H and O–H groups in total. The first kappa shape index (κ1) is 33.2. The molecule has 0 saturated heterocycles. The topological polar surface area (TPSA) is 96.0 Å². The van der Waals surface area contributed by atoms with Crippen molar-refractivity contribution in [3.8, 4) is 5.75 Å². The van der Waals surface area contributed by atoms with Crippen molar-refractivity contribution in [2.75, 3.05) is 17.5 Å². The molecule has 12 heteroatoms. The van der Waals surface area contributed by atoms with Crippen molar-refractivity contribution in [1.82, 2.24) is 10.2 Å². The first-order chi connectivity index (χ1) is 19.9. The molecule has 0 aliphatic carbocycles. The number of carbonyl (C=O) groups excluding carboxylic acids is 2. The van der Waals surface area contributed by atoms with E-state index < -0.39 is 34.3 Å². The summed E-state index contributed by atoms with van der Waals surface area (Å²) in [6, 6.07) is 14.3. The van der Waals surface area contributed by atoms with Crippen molar-refractivity contribution >= 4 is 50.7 Å². The minimum absolute atomic E-state index is 0.0416. The quantitative estimate of drug-likeness (QED) is 0.246. The van der Waals surface area contributed by atoms with Gasteiger partial charge in [-0.1, -0.05) is 36.2 Å². The van der Waals surface area contributed by atoms with Crippen LogP contribution in [-0.4, -0.2) is 50.4 Å². The second-order valence-corrected chi connectivity index (χ2v) is 12.4. The number of nitrogens with one attached hydrogen (secondary N) is 1. The molecule has 3 aromatic carbocycles. The normalized spacial score (nSPS) is 12.1. The third-order valence-electron chi connectivity index (χ3n) is 6.27. The molecular formula is C30H34Cl2FN3O5S. The van der Waals surface area contributed by atoms with Crippen molar-refractivity contribution in [2.45, 2.75) is 57.6 Å². The second-order valence-electron chi connectivity index (χ2n) is 9.75. The third-order valence-corrected chi connectivity index (χ3v) is 8.80. The zero-order chi connectivity index (χ0) is 31.0. The average Bonchev–Trinajstić information content (AvgIpc) is 2.94. The summed E-state index contributed by atoms with van der Waals surface area (Å²) in [4.78, 5) is 28.5. The Morgan fingerprint density at radius 1 is 0.952 bits per heavy atom. The van der Waals surface area contributed by atoms with E-state index in [4.69, 9.17) is 27.9 Å². The molecule has 0 heterocycles. The summed E-state index contributed by atoms with van der Waals surface area (Å²) in [7, 11) is -4.32. The Morgan fingerprint density at radius 2 is 1.60 bits per heavy atom. The largest absolute Gasteiger partial charge is 0.494 e. The smallest absolute Gasteiger partial charge is 0.264 e. The number of halogens is 3. The van der Waals surface area contributed by atoms with Gasteiger partial charge in [-0.2, -0.15) is 0 Å². The standard InChI is InChI=1S/C30H34Cl2FN3O5S/c1-5-28(30(38)34-20(3)4)35(18-21-7-16-26(31)27(32)17-21)29(37)19-36(23-10-8-22(33)9-11-23)42(39,40)25-14-12-24(13-15-25)41-6-2/h7-17,20,28H,5-6,18-19H2,1-4H3,(H,34,38). The first-order valence-electron chi connectivity index (χ1n) is 13.4. The second kappa shape index (κ2) is 14.7. The molecule has 0 radical (unpaired) electrons. The molecule has 226 valence electrons. The molecule has 8 nitrogen and oxygen atoms in total. The highest BCUT2D eigenvalue weighted by Gasteiger charge is 2.34. The maximum Gasteiger partial charge on any atom is 0.264 e. The summed E-state index contributed by atoms with van der Waals surface area (Å²) < 4.78 is 48.0. The number of hydrogen-bond donors (Lipinski definition) is 1. The van der Waals surface area contributed by atoms with E-state index in [9.17, 15) is 22.4 Å². The molecule has 0 saturated carbocycles. The van der Waals surface area contributed by atoms with E-state index in [1.54, 1.807) is 45.9 Å². The molecule has 0 fully saturated rings. The van der Waals surface area contributed by atoms with Crippen molar-refractivity contribution in [2.24, 2.45) is 0 Å². The number of carbonyl (C=O) groups is 2. The Hall–Kier alpha value is -3.34. The summed E-state index contributed by atoms with van der Waals surface area (Å²) in [5.74, 6) is -1.12. The van der Waals surface area contributed by atoms with Crippen LogP contribution in [0.5, 0.6) is 5.75 Å². The molecule has 0 aliphatic heterocycles. The van der Waals surface area contributed by atoms with Gasteiger partial charge in [0.25, 0.3) is 10.0 Å². The Balaban J connectivity index is 2.06. The Bertz CT molecular complexity index is 1490. The summed E-state index contributed by atoms with van der Waals surface area (Å²) >= 11 is 12.3. The predicted octanol–water partition coefficient (Wildman–Crippen LogP) is 6.06. The molecule has 1 unspecified atom stereocenters. The van der Waals surface area contributed by atoms with E-state index in [1.165, 1.54) is 41.3 Å². The lowest BCUT2D eigenvalue weighted by Crippen LogP contribution is -2.53. The fourth-order valence-corrected chi connectivity index (χ4v) is 6.01. The molecule has 3 aromatic rings. The van der Waals surface area contributed by atoms with Gasteiger partial charge in [-0.25, -0.2) is 12.8 Å². The summed E-state index contributed by atoms with van der Waals surface area (Å²) in [5, 5.41) is 3.43. The SMILES string of the molecule is CCOc1ccc(S(=O)(=O)N(CC(=O)N(Cc2ccc(Cl)c(Cl)c2)C(CC)C(=O)NC(C)C)c2ccc(F)cc2)cc1. The van der Waals surface area contributed by atoms with Crippen LogP contribution < -0.4 is 14.4 Å². The van der Waals surface area contributed by atoms with E-state index >= 15 is 0 Å². The van der Waals surface area contributed by atoms with Gasteiger partial charge in [-0.3, -0.25) is 13.9 Å². The molecule has 1 atom stereocenters. The monoisotopic (exact) mass is 637 g/mol. The van der Waals surface area contributed by atoms with Crippen LogP contribution in [-0.2, 0) is 26.2 Å². The Labute approximate surface area is 256 Å². The number of hydrogen-bond acceptors (Lipinski definition) is 5. The molecule has 42 heavy (non-hydrogen) atoms. The van der Waals surface area contributed by atoms with Gasteiger partial charge < -0.3 is 15.0 Å². The summed E-state index contributed by atoms with van der Waals surface area (Å²) in [6.45, 7) is 6.87. The zero-order valence-electron chi connectivity index (χ0n) is 23.8. The van der Waals surface area contributed by atoms with E-state index in [2.05, 4.69) is 5.32 Å². The Kier molecular flexibility index (Phi) is 11.6. The van der Waals surface area contributed by atoms with Gasteiger partial charge in [0.05, 0.1) is 27.2 Å². The minimum Gasteiger partial charge on any atom is -0.494 e. The highest BCUT2D eigenvalue weighted by molar-refractivity contribution is 7.92. The average molecular weight is 639 g/mol. The van der Waals surface area contributed by atoms with Crippen LogP contribution in [0.4, 0.5) is 10.1 Å². The van der Waals surface area contributed by atoms with Gasteiger partial charge in [-0.15, -0.1) is 0 Å². The van der Waals surface area contributed by atoms with E-state index in [0.717, 1.165) is 16.4 Å². The number of ether oxygens (including phenoxy) is 1. The number of benzene rings is 3. The lowest BCUT2D eigenvalue weighted by Gasteiger charge is -2.33. The van der Waals surface area contributed by atoms with Crippen molar-refractivity contribution < 1.29 is 27.1 Å². The van der Waals surface area contributed by atoms with Crippen LogP contribution in [0, 0.1) is 5.82 Å². The number of amides is 2. The lowest BCUT2D eigenvalue weighted by atomic mass is 10.1.